The Balaban J connectivity index is 1.87. The predicted molar refractivity (Wildman–Crippen MR) is 93.8 cm³/mol. The van der Waals surface area contributed by atoms with Crippen molar-refractivity contribution in [1.29, 1.82) is 0 Å². The van der Waals surface area contributed by atoms with Gasteiger partial charge in [0.25, 0.3) is 0 Å². The summed E-state index contributed by atoms with van der Waals surface area (Å²) in [5.41, 5.74) is -0.565. The van der Waals surface area contributed by atoms with Crippen LogP contribution in [-0.4, -0.2) is 73.5 Å². The Morgan fingerprint density at radius 2 is 1.96 bits per heavy atom. The van der Waals surface area contributed by atoms with Gasteiger partial charge in [-0.3, -0.25) is 9.89 Å². The van der Waals surface area contributed by atoms with E-state index in [1.807, 2.05) is 0 Å². The van der Waals surface area contributed by atoms with E-state index in [1.165, 1.54) is 0 Å². The maximum atomic E-state index is 10.2. The van der Waals surface area contributed by atoms with Crippen molar-refractivity contribution < 1.29 is 9.84 Å². The molecule has 0 spiro atoms. The molecule has 6 heteroatoms. The first-order valence-electron chi connectivity index (χ1n) is 9.10. The minimum Gasteiger partial charge on any atom is -0.388 e. The van der Waals surface area contributed by atoms with E-state index >= 15 is 0 Å². The molecule has 2 fully saturated rings. The maximum Gasteiger partial charge on any atom is 0.191 e. The van der Waals surface area contributed by atoms with Crippen LogP contribution in [0.1, 0.15) is 40.0 Å². The van der Waals surface area contributed by atoms with Crippen molar-refractivity contribution >= 4 is 5.96 Å². The van der Waals surface area contributed by atoms with Crippen LogP contribution in [0.4, 0.5) is 0 Å². The van der Waals surface area contributed by atoms with E-state index in [0.29, 0.717) is 18.5 Å². The van der Waals surface area contributed by atoms with Gasteiger partial charge in [0.2, 0.25) is 0 Å². The molecule has 1 aliphatic heterocycles. The highest BCUT2D eigenvalue weighted by atomic mass is 16.5. The zero-order valence-electron chi connectivity index (χ0n) is 15.0. The summed E-state index contributed by atoms with van der Waals surface area (Å²) in [5.74, 6) is 1.38. The van der Waals surface area contributed by atoms with E-state index < -0.39 is 5.60 Å². The lowest BCUT2D eigenvalue weighted by Gasteiger charge is -2.37. The lowest BCUT2D eigenvalue weighted by atomic mass is 9.80. The normalized spacial score (nSPS) is 23.4. The number of aliphatic imine (C=N–C) groups is 1. The molecule has 1 heterocycles. The number of morpholine rings is 1. The summed E-state index contributed by atoms with van der Waals surface area (Å²) in [4.78, 5) is 7.09. The number of nitrogens with one attached hydrogen (secondary N) is 2. The van der Waals surface area contributed by atoms with Crippen LogP contribution in [0.3, 0.4) is 0 Å². The van der Waals surface area contributed by atoms with Crippen molar-refractivity contribution in [2.75, 3.05) is 45.9 Å². The van der Waals surface area contributed by atoms with Crippen molar-refractivity contribution in [2.45, 2.75) is 51.7 Å². The van der Waals surface area contributed by atoms with Gasteiger partial charge in [0.1, 0.15) is 0 Å². The third kappa shape index (κ3) is 5.62. The van der Waals surface area contributed by atoms with Gasteiger partial charge < -0.3 is 20.5 Å². The molecule has 3 N–H and O–H groups in total. The molecule has 0 aromatic heterocycles. The molecule has 1 unspecified atom stereocenters. The molecule has 0 aromatic rings. The van der Waals surface area contributed by atoms with E-state index in [4.69, 9.17) is 4.74 Å². The minimum atomic E-state index is -0.565. The first-order chi connectivity index (χ1) is 11.0. The Hall–Kier alpha value is -0.850. The summed E-state index contributed by atoms with van der Waals surface area (Å²) in [7, 11) is 0. The van der Waals surface area contributed by atoms with E-state index in [0.717, 1.165) is 64.6 Å². The standard InChI is InChI=1S/C17H34N4O2/c1-4-18-16(20-13-17(22)6-5-7-17)19-12-15(14(2)3)21-8-10-23-11-9-21/h14-15,22H,4-13H2,1-3H3,(H2,18,19,20). The number of hydrogen-bond donors (Lipinski definition) is 3. The van der Waals surface area contributed by atoms with Gasteiger partial charge in [-0.1, -0.05) is 13.8 Å². The summed E-state index contributed by atoms with van der Waals surface area (Å²) in [5, 5.41) is 17.0. The van der Waals surface area contributed by atoms with Crippen LogP contribution in [0.25, 0.3) is 0 Å². The number of guanidine groups is 1. The van der Waals surface area contributed by atoms with Gasteiger partial charge in [-0.25, -0.2) is 0 Å². The number of hydrogen-bond acceptors (Lipinski definition) is 4. The second-order valence-electron chi connectivity index (χ2n) is 7.11. The minimum absolute atomic E-state index is 0.467. The smallest absolute Gasteiger partial charge is 0.191 e. The van der Waals surface area contributed by atoms with Crippen LogP contribution >= 0.6 is 0 Å². The Morgan fingerprint density at radius 3 is 2.48 bits per heavy atom. The molecule has 134 valence electrons. The Kier molecular flexibility index (Phi) is 7.11. The van der Waals surface area contributed by atoms with E-state index in [9.17, 15) is 5.11 Å². The van der Waals surface area contributed by atoms with Gasteiger partial charge in [0.15, 0.2) is 5.96 Å². The number of ether oxygens (including phenoxy) is 1. The van der Waals surface area contributed by atoms with Crippen LogP contribution in [-0.2, 0) is 4.74 Å². The summed E-state index contributed by atoms with van der Waals surface area (Å²) in [6.45, 7) is 12.4. The zero-order valence-corrected chi connectivity index (χ0v) is 15.0. The third-order valence-electron chi connectivity index (χ3n) is 4.92. The van der Waals surface area contributed by atoms with Gasteiger partial charge in [0.05, 0.1) is 25.4 Å². The molecule has 1 saturated heterocycles. The molecular formula is C17H34N4O2. The van der Waals surface area contributed by atoms with Crippen molar-refractivity contribution in [2.24, 2.45) is 10.9 Å². The van der Waals surface area contributed by atoms with Gasteiger partial charge in [-0.2, -0.15) is 0 Å². The molecule has 1 aliphatic carbocycles. The summed E-state index contributed by atoms with van der Waals surface area (Å²) >= 11 is 0. The first kappa shape index (κ1) is 18.5. The molecule has 0 radical (unpaired) electrons. The van der Waals surface area contributed by atoms with Gasteiger partial charge in [-0.15, -0.1) is 0 Å². The van der Waals surface area contributed by atoms with Crippen LogP contribution in [0.5, 0.6) is 0 Å². The monoisotopic (exact) mass is 326 g/mol. The predicted octanol–water partition coefficient (Wildman–Crippen LogP) is 0.813. The van der Waals surface area contributed by atoms with Crippen molar-refractivity contribution in [3.63, 3.8) is 0 Å². The molecule has 1 atom stereocenters. The fourth-order valence-electron chi connectivity index (χ4n) is 3.21. The highest BCUT2D eigenvalue weighted by Gasteiger charge is 2.34. The quantitative estimate of drug-likeness (QED) is 0.477. The van der Waals surface area contributed by atoms with Gasteiger partial charge in [-0.05, 0) is 32.1 Å². The highest BCUT2D eigenvalue weighted by molar-refractivity contribution is 5.79. The molecule has 6 nitrogen and oxygen atoms in total. The second-order valence-corrected chi connectivity index (χ2v) is 7.11. The highest BCUT2D eigenvalue weighted by Crippen LogP contribution is 2.31. The lowest BCUT2D eigenvalue weighted by Crippen LogP contribution is -2.53. The molecule has 0 aromatic carbocycles. The van der Waals surface area contributed by atoms with E-state index in [2.05, 4.69) is 41.3 Å². The molecule has 2 aliphatic rings. The molecule has 0 bridgehead atoms. The SMILES string of the molecule is CCNC(=NCC1(O)CCC1)NCC(C(C)C)N1CCOCC1. The Labute approximate surface area is 140 Å². The number of nitrogens with zero attached hydrogens (tertiary/aromatic N) is 2. The third-order valence-corrected chi connectivity index (χ3v) is 4.92. The lowest BCUT2D eigenvalue weighted by molar-refractivity contribution is -0.0236. The fraction of sp³-hybridized carbons (Fsp3) is 0.941. The van der Waals surface area contributed by atoms with Gasteiger partial charge >= 0.3 is 0 Å². The summed E-state index contributed by atoms with van der Waals surface area (Å²) in [6.07, 6.45) is 2.86. The van der Waals surface area contributed by atoms with Gasteiger partial charge in [0, 0.05) is 32.2 Å². The molecule has 23 heavy (non-hydrogen) atoms. The zero-order chi connectivity index (χ0) is 16.7. The van der Waals surface area contributed by atoms with E-state index in [-0.39, 0.29) is 0 Å². The summed E-state index contributed by atoms with van der Waals surface area (Å²) in [6, 6.07) is 0.467. The fourth-order valence-corrected chi connectivity index (χ4v) is 3.21. The molecule has 2 rings (SSSR count). The van der Waals surface area contributed by atoms with Crippen LogP contribution in [0.2, 0.25) is 0 Å². The van der Waals surface area contributed by atoms with Crippen molar-refractivity contribution in [1.82, 2.24) is 15.5 Å². The second kappa shape index (κ2) is 8.85. The van der Waals surface area contributed by atoms with Crippen LogP contribution in [0.15, 0.2) is 4.99 Å². The first-order valence-corrected chi connectivity index (χ1v) is 9.10. The number of aliphatic hydroxyl groups is 1. The topological polar surface area (TPSA) is 69.1 Å². The van der Waals surface area contributed by atoms with Crippen molar-refractivity contribution in [3.8, 4) is 0 Å². The van der Waals surface area contributed by atoms with Crippen LogP contribution < -0.4 is 10.6 Å². The average molecular weight is 326 g/mol. The Morgan fingerprint density at radius 1 is 1.26 bits per heavy atom. The Bertz CT molecular complexity index is 377. The number of rotatable bonds is 7. The van der Waals surface area contributed by atoms with E-state index in [1.54, 1.807) is 0 Å². The molecule has 1 saturated carbocycles. The molecule has 0 amide bonds. The largest absolute Gasteiger partial charge is 0.388 e. The molecular weight excluding hydrogens is 292 g/mol. The average Bonchev–Trinajstić information content (AvgIpc) is 2.51. The summed E-state index contributed by atoms with van der Waals surface area (Å²) < 4.78 is 5.46. The van der Waals surface area contributed by atoms with Crippen molar-refractivity contribution in [3.05, 3.63) is 0 Å². The maximum absolute atomic E-state index is 10.2. The van der Waals surface area contributed by atoms with Crippen LogP contribution in [0, 0.1) is 5.92 Å².